The van der Waals surface area contributed by atoms with E-state index in [0.717, 1.165) is 0 Å². The zero-order valence-corrected chi connectivity index (χ0v) is 15.6. The SMILES string of the molecule is CC1=C(c2ccccc2)N(C)C(c2ccccc2)N1c1ccccc1C. The van der Waals surface area contributed by atoms with Crippen LogP contribution in [0.5, 0.6) is 0 Å². The van der Waals surface area contributed by atoms with Gasteiger partial charge in [-0.05, 0) is 36.6 Å². The van der Waals surface area contributed by atoms with Crippen LogP contribution in [0, 0.1) is 6.92 Å². The first-order valence-corrected chi connectivity index (χ1v) is 9.07. The highest BCUT2D eigenvalue weighted by molar-refractivity contribution is 5.77. The highest BCUT2D eigenvalue weighted by atomic mass is 15.4. The van der Waals surface area contributed by atoms with E-state index >= 15 is 0 Å². The van der Waals surface area contributed by atoms with E-state index in [-0.39, 0.29) is 6.17 Å². The van der Waals surface area contributed by atoms with Gasteiger partial charge in [0.05, 0.1) is 5.70 Å². The summed E-state index contributed by atoms with van der Waals surface area (Å²) in [6.45, 7) is 4.42. The molecular formula is C24H24N2. The first-order chi connectivity index (χ1) is 12.7. The third kappa shape index (κ3) is 2.68. The Morgan fingerprint density at radius 2 is 1.27 bits per heavy atom. The van der Waals surface area contributed by atoms with Gasteiger partial charge in [-0.25, -0.2) is 0 Å². The van der Waals surface area contributed by atoms with Crippen molar-refractivity contribution in [2.45, 2.75) is 20.0 Å². The normalized spacial score (nSPS) is 17.1. The number of allylic oxidation sites excluding steroid dienone is 1. The second kappa shape index (κ2) is 6.72. The lowest BCUT2D eigenvalue weighted by atomic mass is 10.1. The number of hydrogen-bond donors (Lipinski definition) is 0. The molecule has 1 unspecified atom stereocenters. The van der Waals surface area contributed by atoms with Crippen molar-refractivity contribution >= 4 is 11.4 Å². The van der Waals surface area contributed by atoms with Crippen molar-refractivity contribution < 1.29 is 0 Å². The van der Waals surface area contributed by atoms with Gasteiger partial charge < -0.3 is 9.80 Å². The van der Waals surface area contributed by atoms with Crippen LogP contribution in [0.4, 0.5) is 5.69 Å². The second-order valence-electron chi connectivity index (χ2n) is 6.85. The first-order valence-electron chi connectivity index (χ1n) is 9.07. The smallest absolute Gasteiger partial charge is 0.132 e. The summed E-state index contributed by atoms with van der Waals surface area (Å²) in [5.41, 5.74) is 7.66. The Morgan fingerprint density at radius 3 is 1.92 bits per heavy atom. The van der Waals surface area contributed by atoms with Gasteiger partial charge in [0.2, 0.25) is 0 Å². The molecule has 0 fully saturated rings. The molecule has 1 aliphatic heterocycles. The number of aryl methyl sites for hydroxylation is 1. The lowest BCUT2D eigenvalue weighted by molar-refractivity contribution is 0.383. The molecule has 0 amide bonds. The predicted octanol–water partition coefficient (Wildman–Crippen LogP) is 5.83. The molecule has 0 aliphatic carbocycles. The Morgan fingerprint density at radius 1 is 0.692 bits per heavy atom. The van der Waals surface area contributed by atoms with Crippen LogP contribution in [0.3, 0.4) is 0 Å². The van der Waals surface area contributed by atoms with Crippen molar-refractivity contribution in [1.82, 2.24) is 4.90 Å². The van der Waals surface area contributed by atoms with Crippen LogP contribution < -0.4 is 4.90 Å². The third-order valence-electron chi connectivity index (χ3n) is 5.19. The fourth-order valence-electron chi connectivity index (χ4n) is 4.00. The third-order valence-corrected chi connectivity index (χ3v) is 5.19. The average Bonchev–Trinajstić information content (AvgIpc) is 2.94. The summed E-state index contributed by atoms with van der Waals surface area (Å²) in [7, 11) is 2.20. The monoisotopic (exact) mass is 340 g/mol. The highest BCUT2D eigenvalue weighted by Crippen LogP contribution is 2.45. The molecule has 0 aromatic heterocycles. The minimum absolute atomic E-state index is 0.146. The van der Waals surface area contributed by atoms with Crippen LogP contribution in [0.1, 0.15) is 29.8 Å². The van der Waals surface area contributed by atoms with E-state index in [1.54, 1.807) is 0 Å². The molecule has 4 rings (SSSR count). The molecule has 0 N–H and O–H groups in total. The van der Waals surface area contributed by atoms with Crippen molar-refractivity contribution in [1.29, 1.82) is 0 Å². The summed E-state index contributed by atoms with van der Waals surface area (Å²) < 4.78 is 0. The van der Waals surface area contributed by atoms with Gasteiger partial charge in [-0.1, -0.05) is 78.9 Å². The van der Waals surface area contributed by atoms with Crippen molar-refractivity contribution in [3.05, 3.63) is 107 Å². The standard InChI is InChI=1S/C24H24N2/c1-18-12-10-11-17-22(18)26-19(2)23(20-13-6-4-7-14-20)25(3)24(26)21-15-8-5-9-16-21/h4-17,24H,1-3H3. The zero-order valence-electron chi connectivity index (χ0n) is 15.6. The van der Waals surface area contributed by atoms with Gasteiger partial charge in [-0.3, -0.25) is 0 Å². The Kier molecular flexibility index (Phi) is 4.26. The molecule has 0 spiro atoms. The van der Waals surface area contributed by atoms with E-state index in [1.807, 2.05) is 0 Å². The van der Waals surface area contributed by atoms with Crippen LogP contribution in [0.2, 0.25) is 0 Å². The topological polar surface area (TPSA) is 6.48 Å². The fourth-order valence-corrected chi connectivity index (χ4v) is 4.00. The van der Waals surface area contributed by atoms with Gasteiger partial charge in [0.1, 0.15) is 6.17 Å². The number of benzene rings is 3. The molecule has 3 aromatic rings. The Hall–Kier alpha value is -3.00. The van der Waals surface area contributed by atoms with Crippen LogP contribution in [0.15, 0.2) is 90.6 Å². The summed E-state index contributed by atoms with van der Waals surface area (Å²) in [6, 6.07) is 30.1. The molecule has 1 atom stereocenters. The van der Waals surface area contributed by atoms with Crippen molar-refractivity contribution in [3.63, 3.8) is 0 Å². The lowest BCUT2D eigenvalue weighted by Gasteiger charge is -2.34. The van der Waals surface area contributed by atoms with E-state index in [4.69, 9.17) is 0 Å². The van der Waals surface area contributed by atoms with Crippen LogP contribution >= 0.6 is 0 Å². The second-order valence-corrected chi connectivity index (χ2v) is 6.85. The minimum Gasteiger partial charge on any atom is -0.348 e. The summed E-state index contributed by atoms with van der Waals surface area (Å²) in [6.07, 6.45) is 0.146. The van der Waals surface area contributed by atoms with Gasteiger partial charge >= 0.3 is 0 Å². The summed E-state index contributed by atoms with van der Waals surface area (Å²) in [5.74, 6) is 0. The van der Waals surface area contributed by atoms with Gasteiger partial charge in [-0.2, -0.15) is 0 Å². The van der Waals surface area contributed by atoms with E-state index in [2.05, 4.69) is 116 Å². The maximum absolute atomic E-state index is 2.47. The minimum atomic E-state index is 0.146. The molecule has 3 aromatic carbocycles. The Balaban J connectivity index is 1.91. The van der Waals surface area contributed by atoms with Gasteiger partial charge in [0.15, 0.2) is 0 Å². The van der Waals surface area contributed by atoms with Gasteiger partial charge in [0.25, 0.3) is 0 Å². The van der Waals surface area contributed by atoms with Crippen LogP contribution in [0.25, 0.3) is 5.70 Å². The Bertz CT molecular complexity index is 929. The number of nitrogens with zero attached hydrogens (tertiary/aromatic N) is 2. The molecule has 26 heavy (non-hydrogen) atoms. The van der Waals surface area contributed by atoms with Crippen molar-refractivity contribution in [2.75, 3.05) is 11.9 Å². The molecular weight excluding hydrogens is 316 g/mol. The van der Waals surface area contributed by atoms with Crippen molar-refractivity contribution in [2.24, 2.45) is 0 Å². The average molecular weight is 340 g/mol. The van der Waals surface area contributed by atoms with Gasteiger partial charge in [0, 0.05) is 18.4 Å². The summed E-state index contributed by atoms with van der Waals surface area (Å²) in [4.78, 5) is 4.86. The van der Waals surface area contributed by atoms with E-state index in [0.29, 0.717) is 0 Å². The van der Waals surface area contributed by atoms with E-state index in [9.17, 15) is 0 Å². The first kappa shape index (κ1) is 16.5. The molecule has 1 aliphatic rings. The molecule has 0 saturated carbocycles. The Labute approximate surface area is 156 Å². The number of rotatable bonds is 3. The molecule has 130 valence electrons. The van der Waals surface area contributed by atoms with Crippen molar-refractivity contribution in [3.8, 4) is 0 Å². The van der Waals surface area contributed by atoms with Crippen LogP contribution in [-0.4, -0.2) is 11.9 Å². The molecule has 0 bridgehead atoms. The van der Waals surface area contributed by atoms with E-state index < -0.39 is 0 Å². The molecule has 2 heteroatoms. The maximum atomic E-state index is 2.47. The quantitative estimate of drug-likeness (QED) is 0.591. The lowest BCUT2D eigenvalue weighted by Crippen LogP contribution is -2.30. The number of hydrogen-bond acceptors (Lipinski definition) is 2. The summed E-state index contributed by atoms with van der Waals surface area (Å²) >= 11 is 0. The maximum Gasteiger partial charge on any atom is 0.132 e. The van der Waals surface area contributed by atoms with Crippen LogP contribution in [-0.2, 0) is 0 Å². The number of anilines is 1. The van der Waals surface area contributed by atoms with E-state index in [1.165, 1.54) is 33.8 Å². The molecule has 2 nitrogen and oxygen atoms in total. The highest BCUT2D eigenvalue weighted by Gasteiger charge is 2.36. The largest absolute Gasteiger partial charge is 0.348 e. The predicted molar refractivity (Wildman–Crippen MR) is 110 cm³/mol. The molecule has 0 radical (unpaired) electrons. The van der Waals surface area contributed by atoms with Gasteiger partial charge in [-0.15, -0.1) is 0 Å². The fraction of sp³-hybridized carbons (Fsp3) is 0.167. The summed E-state index contributed by atoms with van der Waals surface area (Å²) in [5, 5.41) is 0. The number of para-hydroxylation sites is 1. The molecule has 1 heterocycles. The molecule has 0 saturated heterocycles. The zero-order chi connectivity index (χ0) is 18.1.